The summed E-state index contributed by atoms with van der Waals surface area (Å²) in [5, 5.41) is 1.77. The highest BCUT2D eigenvalue weighted by Gasteiger charge is 2.38. The van der Waals surface area contributed by atoms with Gasteiger partial charge in [0.15, 0.2) is 0 Å². The number of ether oxygens (including phenoxy) is 1. The zero-order chi connectivity index (χ0) is 23.5. The molecule has 2 aromatic rings. The van der Waals surface area contributed by atoms with E-state index < -0.39 is 28.7 Å². The van der Waals surface area contributed by atoms with Gasteiger partial charge >= 0.3 is 6.18 Å². The molecule has 1 unspecified atom stereocenters. The van der Waals surface area contributed by atoms with E-state index in [2.05, 4.69) is 0 Å². The summed E-state index contributed by atoms with van der Waals surface area (Å²) < 4.78 is 70.3. The number of rotatable bonds is 9. The van der Waals surface area contributed by atoms with Gasteiger partial charge in [0.05, 0.1) is 12.0 Å². The summed E-state index contributed by atoms with van der Waals surface area (Å²) in [4.78, 5) is 11.9. The topological polar surface area (TPSA) is 75.7 Å². The largest absolute Gasteiger partial charge is 0.497 e. The predicted octanol–water partition coefficient (Wildman–Crippen LogP) is 3.98. The molecule has 2 aromatic carbocycles. The average molecular weight is 471 g/mol. The third-order valence-electron chi connectivity index (χ3n) is 5.43. The van der Waals surface area contributed by atoms with Gasteiger partial charge in [0, 0.05) is 18.2 Å². The average Bonchev–Trinajstić information content (AvgIpc) is 3.61. The van der Waals surface area contributed by atoms with Crippen molar-refractivity contribution in [2.75, 3.05) is 13.7 Å². The van der Waals surface area contributed by atoms with Gasteiger partial charge in [0.2, 0.25) is 10.0 Å². The highest BCUT2D eigenvalue weighted by Crippen LogP contribution is 2.38. The van der Waals surface area contributed by atoms with E-state index >= 15 is 0 Å². The lowest BCUT2D eigenvalue weighted by atomic mass is 10.1. The molecule has 1 aliphatic carbocycles. The first-order valence-corrected chi connectivity index (χ1v) is 11.5. The van der Waals surface area contributed by atoms with E-state index in [1.54, 1.807) is 36.7 Å². The number of alkyl halides is 3. The summed E-state index contributed by atoms with van der Waals surface area (Å²) in [7, 11) is -2.36. The number of benzene rings is 2. The summed E-state index contributed by atoms with van der Waals surface area (Å²) in [6.45, 7) is 0.579. The molecular weight excluding hydrogens is 445 g/mol. The first-order valence-electron chi connectivity index (χ1n) is 10.1. The molecule has 1 N–H and O–H groups in total. The first-order chi connectivity index (χ1) is 15.0. The van der Waals surface area contributed by atoms with Crippen LogP contribution in [0.5, 0.6) is 5.75 Å². The normalized spacial score (nSPS) is 15.4. The van der Waals surface area contributed by atoms with Crippen molar-refractivity contribution in [1.82, 2.24) is 9.62 Å². The number of methoxy groups -OCH3 is 1. The molecule has 1 fully saturated rings. The van der Waals surface area contributed by atoms with Crippen molar-refractivity contribution in [1.29, 1.82) is 0 Å². The molecule has 0 heterocycles. The molecule has 1 saturated carbocycles. The van der Waals surface area contributed by atoms with Crippen LogP contribution in [0.3, 0.4) is 0 Å². The second-order valence-electron chi connectivity index (χ2n) is 7.80. The highest BCUT2D eigenvalue weighted by atomic mass is 32.2. The van der Waals surface area contributed by atoms with Crippen molar-refractivity contribution in [3.05, 3.63) is 59.7 Å². The summed E-state index contributed by atoms with van der Waals surface area (Å²) in [5.41, 5.74) is 0.746. The van der Waals surface area contributed by atoms with Crippen LogP contribution in [-0.4, -0.2) is 44.5 Å². The Bertz CT molecular complexity index is 1030. The van der Waals surface area contributed by atoms with Gasteiger partial charge in [0.25, 0.3) is 5.91 Å². The maximum Gasteiger partial charge on any atom is 0.405 e. The van der Waals surface area contributed by atoms with Crippen LogP contribution in [0.2, 0.25) is 0 Å². The molecular formula is C22H25F3N2O4S. The maximum atomic E-state index is 13.4. The van der Waals surface area contributed by atoms with Crippen LogP contribution in [0.25, 0.3) is 0 Å². The highest BCUT2D eigenvalue weighted by molar-refractivity contribution is 7.89. The van der Waals surface area contributed by atoms with Crippen LogP contribution in [-0.2, 0) is 16.6 Å². The Morgan fingerprint density at radius 2 is 1.72 bits per heavy atom. The van der Waals surface area contributed by atoms with E-state index in [1.165, 1.54) is 28.6 Å². The second kappa shape index (κ2) is 9.50. The number of halogens is 3. The summed E-state index contributed by atoms with van der Waals surface area (Å²) >= 11 is 0. The Hall–Kier alpha value is -2.59. The Balaban J connectivity index is 1.81. The molecule has 32 heavy (non-hydrogen) atoms. The van der Waals surface area contributed by atoms with E-state index in [-0.39, 0.29) is 29.0 Å². The molecule has 6 nitrogen and oxygen atoms in total. The Kier molecular flexibility index (Phi) is 7.14. The number of hydrogen-bond acceptors (Lipinski definition) is 4. The standard InChI is InChI=1S/C22H25F3N2O4S/c1-15(17-5-6-17)27(13-16-3-9-19(31-2)10-4-16)32(29,30)20-11-7-18(8-12-20)21(28)26-14-22(23,24)25/h3-4,7-12,15,17H,5-6,13-14H2,1-2H3,(H,26,28). The van der Waals surface area contributed by atoms with Gasteiger partial charge in [-0.05, 0) is 67.6 Å². The molecule has 1 atom stereocenters. The van der Waals surface area contributed by atoms with E-state index in [9.17, 15) is 26.4 Å². The van der Waals surface area contributed by atoms with Crippen LogP contribution in [0.4, 0.5) is 13.2 Å². The molecule has 174 valence electrons. The van der Waals surface area contributed by atoms with Crippen LogP contribution in [0.15, 0.2) is 53.4 Å². The minimum Gasteiger partial charge on any atom is -0.497 e. The molecule has 1 amide bonds. The van der Waals surface area contributed by atoms with Gasteiger partial charge < -0.3 is 10.1 Å². The van der Waals surface area contributed by atoms with Crippen LogP contribution >= 0.6 is 0 Å². The van der Waals surface area contributed by atoms with Gasteiger partial charge in [0.1, 0.15) is 12.3 Å². The molecule has 10 heteroatoms. The molecule has 0 bridgehead atoms. The van der Waals surface area contributed by atoms with Gasteiger partial charge in [-0.1, -0.05) is 12.1 Å². The molecule has 1 aliphatic rings. The number of nitrogens with one attached hydrogen (secondary N) is 1. The lowest BCUT2D eigenvalue weighted by Crippen LogP contribution is -2.39. The number of nitrogens with zero attached hydrogens (tertiary/aromatic N) is 1. The molecule has 0 radical (unpaired) electrons. The second-order valence-corrected chi connectivity index (χ2v) is 9.69. The fourth-order valence-corrected chi connectivity index (χ4v) is 5.05. The van der Waals surface area contributed by atoms with Crippen molar-refractivity contribution in [2.24, 2.45) is 5.92 Å². The van der Waals surface area contributed by atoms with E-state index in [0.29, 0.717) is 5.75 Å². The van der Waals surface area contributed by atoms with Gasteiger partial charge in [-0.2, -0.15) is 17.5 Å². The molecule has 0 aromatic heterocycles. The minimum atomic E-state index is -4.53. The van der Waals surface area contributed by atoms with E-state index in [1.807, 2.05) is 6.92 Å². The first kappa shape index (κ1) is 24.1. The van der Waals surface area contributed by atoms with Crippen LogP contribution < -0.4 is 10.1 Å². The van der Waals surface area contributed by atoms with Crippen molar-refractivity contribution in [2.45, 2.75) is 43.4 Å². The number of hydrogen-bond donors (Lipinski definition) is 1. The van der Waals surface area contributed by atoms with Crippen molar-refractivity contribution in [3.63, 3.8) is 0 Å². The van der Waals surface area contributed by atoms with Gasteiger partial charge in [-0.3, -0.25) is 4.79 Å². The van der Waals surface area contributed by atoms with E-state index in [4.69, 9.17) is 4.74 Å². The van der Waals surface area contributed by atoms with Crippen molar-refractivity contribution < 1.29 is 31.1 Å². The minimum absolute atomic E-state index is 0.0223. The third kappa shape index (κ3) is 6.01. The van der Waals surface area contributed by atoms with Crippen molar-refractivity contribution >= 4 is 15.9 Å². The quantitative estimate of drug-likeness (QED) is 0.602. The SMILES string of the molecule is COc1ccc(CN(C(C)C2CC2)S(=O)(=O)c2ccc(C(=O)NCC(F)(F)F)cc2)cc1. The number of sulfonamides is 1. The van der Waals surface area contributed by atoms with Crippen molar-refractivity contribution in [3.8, 4) is 5.75 Å². The number of carbonyl (C=O) groups is 1. The number of carbonyl (C=O) groups excluding carboxylic acids is 1. The Morgan fingerprint density at radius 3 is 2.22 bits per heavy atom. The predicted molar refractivity (Wildman–Crippen MR) is 113 cm³/mol. The number of amides is 1. The lowest BCUT2D eigenvalue weighted by Gasteiger charge is -2.29. The monoisotopic (exact) mass is 470 g/mol. The molecule has 0 aliphatic heterocycles. The summed E-state index contributed by atoms with van der Waals surface area (Å²) in [6.07, 6.45) is -2.62. The smallest absolute Gasteiger partial charge is 0.405 e. The zero-order valence-corrected chi connectivity index (χ0v) is 18.5. The van der Waals surface area contributed by atoms with Gasteiger partial charge in [-0.25, -0.2) is 8.42 Å². The lowest BCUT2D eigenvalue weighted by molar-refractivity contribution is -0.123. The zero-order valence-electron chi connectivity index (χ0n) is 17.7. The Morgan fingerprint density at radius 1 is 1.12 bits per heavy atom. The molecule has 3 rings (SSSR count). The van der Waals surface area contributed by atoms with E-state index in [0.717, 1.165) is 18.4 Å². The van der Waals surface area contributed by atoms with Crippen LogP contribution in [0, 0.1) is 5.92 Å². The maximum absolute atomic E-state index is 13.4. The molecule has 0 spiro atoms. The third-order valence-corrected chi connectivity index (χ3v) is 7.38. The summed E-state index contributed by atoms with van der Waals surface area (Å²) in [6, 6.07) is 11.8. The van der Waals surface area contributed by atoms with Gasteiger partial charge in [-0.15, -0.1) is 0 Å². The molecule has 0 saturated heterocycles. The fraction of sp³-hybridized carbons (Fsp3) is 0.409. The summed E-state index contributed by atoms with van der Waals surface area (Å²) in [5.74, 6) is 0.0148. The fourth-order valence-electron chi connectivity index (χ4n) is 3.37. The Labute approximate surface area is 185 Å². The van der Waals surface area contributed by atoms with Crippen LogP contribution in [0.1, 0.15) is 35.7 Å².